The number of rotatable bonds is 4. The van der Waals surface area contributed by atoms with E-state index in [1.165, 1.54) is 11.3 Å². The summed E-state index contributed by atoms with van der Waals surface area (Å²) in [5.41, 5.74) is 2.61. The van der Waals surface area contributed by atoms with Gasteiger partial charge in [-0.15, -0.1) is 0 Å². The second-order valence-corrected chi connectivity index (χ2v) is 4.80. The molecule has 0 spiro atoms. The fourth-order valence-electron chi connectivity index (χ4n) is 2.32. The van der Waals surface area contributed by atoms with Crippen LogP contribution in [0.25, 0.3) is 0 Å². The van der Waals surface area contributed by atoms with Gasteiger partial charge in [-0.2, -0.15) is 0 Å². The maximum absolute atomic E-state index is 11.2. The Morgan fingerprint density at radius 2 is 2.28 bits per heavy atom. The molecule has 0 saturated heterocycles. The summed E-state index contributed by atoms with van der Waals surface area (Å²) in [6.07, 6.45) is 1.61. The lowest BCUT2D eigenvalue weighted by Crippen LogP contribution is -2.43. The Kier molecular flexibility index (Phi) is 4.20. The number of benzene rings is 1. The van der Waals surface area contributed by atoms with Crippen molar-refractivity contribution in [3.05, 3.63) is 29.8 Å². The van der Waals surface area contributed by atoms with E-state index in [1.54, 1.807) is 7.05 Å². The minimum atomic E-state index is 0.103. The van der Waals surface area contributed by atoms with Crippen LogP contribution in [0, 0.1) is 0 Å². The Hall–Kier alpha value is -1.55. The number of hydrogen-bond acceptors (Lipinski definition) is 3. The van der Waals surface area contributed by atoms with Crippen LogP contribution in [0.5, 0.6) is 0 Å². The molecule has 4 nitrogen and oxygen atoms in total. The molecule has 1 aliphatic heterocycles. The van der Waals surface area contributed by atoms with E-state index in [0.717, 1.165) is 19.5 Å². The van der Waals surface area contributed by atoms with Crippen LogP contribution in [0.3, 0.4) is 0 Å². The average molecular weight is 247 g/mol. The molecule has 18 heavy (non-hydrogen) atoms. The van der Waals surface area contributed by atoms with Crippen LogP contribution in [-0.2, 0) is 11.2 Å². The summed E-state index contributed by atoms with van der Waals surface area (Å²) in [6, 6.07) is 8.89. The first-order valence-corrected chi connectivity index (χ1v) is 6.43. The average Bonchev–Trinajstić information content (AvgIpc) is 2.43. The molecule has 0 fully saturated rings. The van der Waals surface area contributed by atoms with Gasteiger partial charge >= 0.3 is 0 Å². The molecule has 1 heterocycles. The van der Waals surface area contributed by atoms with Crippen LogP contribution in [0.1, 0.15) is 12.0 Å². The van der Waals surface area contributed by atoms with E-state index in [1.807, 2.05) is 0 Å². The highest BCUT2D eigenvalue weighted by Gasteiger charge is 2.21. The molecule has 1 amide bonds. The van der Waals surface area contributed by atoms with Gasteiger partial charge in [-0.05, 0) is 25.1 Å². The van der Waals surface area contributed by atoms with Crippen LogP contribution in [0.15, 0.2) is 24.3 Å². The van der Waals surface area contributed by atoms with E-state index in [0.29, 0.717) is 12.5 Å². The lowest BCUT2D eigenvalue weighted by Gasteiger charge is -2.33. The molecule has 0 aliphatic carbocycles. The molecule has 1 aromatic rings. The molecule has 1 aliphatic rings. The first-order chi connectivity index (χ1) is 8.70. The summed E-state index contributed by atoms with van der Waals surface area (Å²) in [6.45, 7) is 1.75. The van der Waals surface area contributed by atoms with Crippen LogP contribution < -0.4 is 10.6 Å². The van der Waals surface area contributed by atoms with Crippen LogP contribution in [0.4, 0.5) is 5.69 Å². The van der Waals surface area contributed by atoms with Gasteiger partial charge < -0.3 is 15.5 Å². The van der Waals surface area contributed by atoms with Gasteiger partial charge in [0.2, 0.25) is 5.91 Å². The zero-order valence-corrected chi connectivity index (χ0v) is 11.1. The lowest BCUT2D eigenvalue weighted by molar-refractivity contribution is -0.120. The van der Waals surface area contributed by atoms with Crippen molar-refractivity contribution in [3.63, 3.8) is 0 Å². The topological polar surface area (TPSA) is 44.4 Å². The molecule has 1 aromatic carbocycles. The first-order valence-electron chi connectivity index (χ1n) is 6.43. The van der Waals surface area contributed by atoms with Crippen molar-refractivity contribution >= 4 is 11.6 Å². The third-order valence-electron chi connectivity index (χ3n) is 3.59. The maximum Gasteiger partial charge on any atom is 0.221 e. The van der Waals surface area contributed by atoms with Gasteiger partial charge in [0, 0.05) is 38.3 Å². The number of para-hydroxylation sites is 1. The molecule has 0 saturated carbocycles. The number of fused-ring (bicyclic) bond motifs is 1. The normalized spacial score (nSPS) is 18.1. The number of likely N-dealkylation sites (N-methyl/N-ethyl adjacent to an activating group) is 1. The van der Waals surface area contributed by atoms with Crippen molar-refractivity contribution in [3.8, 4) is 0 Å². The van der Waals surface area contributed by atoms with E-state index in [4.69, 9.17) is 0 Å². The number of anilines is 1. The molecule has 0 radical (unpaired) electrons. The second-order valence-electron chi connectivity index (χ2n) is 4.80. The standard InChI is InChI=1S/C14H21N3O/c1-15-14(18)7-8-17(2)12-9-11-5-3-4-6-13(11)16-10-12/h3-6,12,16H,7-10H2,1-2H3,(H,15,18). The molecular weight excluding hydrogens is 226 g/mol. The summed E-state index contributed by atoms with van der Waals surface area (Å²) in [7, 11) is 3.77. The van der Waals surface area contributed by atoms with Gasteiger partial charge in [0.05, 0.1) is 0 Å². The predicted octanol–water partition coefficient (Wildman–Crippen LogP) is 1.09. The number of carbonyl (C=O) groups is 1. The van der Waals surface area contributed by atoms with E-state index < -0.39 is 0 Å². The fourth-order valence-corrected chi connectivity index (χ4v) is 2.32. The van der Waals surface area contributed by atoms with Crippen LogP contribution in [0.2, 0.25) is 0 Å². The lowest BCUT2D eigenvalue weighted by atomic mass is 9.99. The predicted molar refractivity (Wildman–Crippen MR) is 73.7 cm³/mol. The van der Waals surface area contributed by atoms with E-state index in [2.05, 4.69) is 46.8 Å². The third kappa shape index (κ3) is 3.01. The van der Waals surface area contributed by atoms with Gasteiger partial charge in [0.25, 0.3) is 0 Å². The third-order valence-corrected chi connectivity index (χ3v) is 3.59. The van der Waals surface area contributed by atoms with Crippen molar-refractivity contribution in [2.75, 3.05) is 32.5 Å². The zero-order chi connectivity index (χ0) is 13.0. The van der Waals surface area contributed by atoms with Crippen molar-refractivity contribution in [2.24, 2.45) is 0 Å². The molecule has 0 aromatic heterocycles. The van der Waals surface area contributed by atoms with E-state index >= 15 is 0 Å². The highest BCUT2D eigenvalue weighted by molar-refractivity contribution is 5.75. The SMILES string of the molecule is CNC(=O)CCN(C)C1CNc2ccccc2C1. The second kappa shape index (κ2) is 5.87. The quantitative estimate of drug-likeness (QED) is 0.837. The van der Waals surface area contributed by atoms with Crippen molar-refractivity contribution in [1.82, 2.24) is 10.2 Å². The minimum absolute atomic E-state index is 0.103. The van der Waals surface area contributed by atoms with Gasteiger partial charge in [0.1, 0.15) is 0 Å². The maximum atomic E-state index is 11.2. The van der Waals surface area contributed by atoms with E-state index in [-0.39, 0.29) is 5.91 Å². The molecular formula is C14H21N3O. The summed E-state index contributed by atoms with van der Waals surface area (Å²) >= 11 is 0. The molecule has 2 N–H and O–H groups in total. The monoisotopic (exact) mass is 247 g/mol. The van der Waals surface area contributed by atoms with Crippen LogP contribution in [-0.4, -0.2) is 44.0 Å². The summed E-state index contributed by atoms with van der Waals surface area (Å²) in [5, 5.41) is 6.11. The number of carbonyl (C=O) groups excluding carboxylic acids is 1. The number of hydrogen-bond donors (Lipinski definition) is 2. The van der Waals surface area contributed by atoms with Crippen molar-refractivity contribution in [1.29, 1.82) is 0 Å². The molecule has 98 valence electrons. The molecule has 2 rings (SSSR count). The highest BCUT2D eigenvalue weighted by Crippen LogP contribution is 2.22. The number of nitrogens with one attached hydrogen (secondary N) is 2. The van der Waals surface area contributed by atoms with Gasteiger partial charge in [0.15, 0.2) is 0 Å². The fraction of sp³-hybridized carbons (Fsp3) is 0.500. The first kappa shape index (κ1) is 12.9. The number of amides is 1. The Bertz CT molecular complexity index is 419. The summed E-state index contributed by atoms with van der Waals surface area (Å²) in [4.78, 5) is 13.5. The van der Waals surface area contributed by atoms with Crippen molar-refractivity contribution < 1.29 is 4.79 Å². The van der Waals surface area contributed by atoms with E-state index in [9.17, 15) is 4.79 Å². The molecule has 1 unspecified atom stereocenters. The summed E-state index contributed by atoms with van der Waals surface area (Å²) < 4.78 is 0. The van der Waals surface area contributed by atoms with Crippen LogP contribution >= 0.6 is 0 Å². The Morgan fingerprint density at radius 1 is 1.50 bits per heavy atom. The zero-order valence-electron chi connectivity index (χ0n) is 11.1. The largest absolute Gasteiger partial charge is 0.383 e. The molecule has 0 bridgehead atoms. The van der Waals surface area contributed by atoms with Crippen molar-refractivity contribution in [2.45, 2.75) is 18.9 Å². The number of nitrogens with zero attached hydrogens (tertiary/aromatic N) is 1. The smallest absolute Gasteiger partial charge is 0.221 e. The molecule has 1 atom stereocenters. The Morgan fingerprint density at radius 3 is 3.06 bits per heavy atom. The molecule has 4 heteroatoms. The van der Waals surface area contributed by atoms with Gasteiger partial charge in [-0.3, -0.25) is 4.79 Å². The summed E-state index contributed by atoms with van der Waals surface area (Å²) in [5.74, 6) is 0.103. The highest BCUT2D eigenvalue weighted by atomic mass is 16.1. The Labute approximate surface area is 108 Å². The van der Waals surface area contributed by atoms with Gasteiger partial charge in [-0.25, -0.2) is 0 Å². The minimum Gasteiger partial charge on any atom is -0.383 e. The van der Waals surface area contributed by atoms with Gasteiger partial charge in [-0.1, -0.05) is 18.2 Å². The Balaban J connectivity index is 1.90.